The highest BCUT2D eigenvalue weighted by Gasteiger charge is 2.19. The highest BCUT2D eigenvalue weighted by Crippen LogP contribution is 2.19. The highest BCUT2D eigenvalue weighted by atomic mass is 16.2. The lowest BCUT2D eigenvalue weighted by atomic mass is 10.1. The zero-order valence-electron chi connectivity index (χ0n) is 17.0. The van der Waals surface area contributed by atoms with Gasteiger partial charge in [0.05, 0.1) is 11.0 Å². The number of nitrogens with zero attached hydrogens (tertiary/aromatic N) is 3. The Kier molecular flexibility index (Phi) is 5.77. The maximum Gasteiger partial charge on any atom is 0.294 e. The summed E-state index contributed by atoms with van der Waals surface area (Å²) in [5.74, 6) is -0.543. The van der Waals surface area contributed by atoms with Crippen LogP contribution in [0.25, 0.3) is 11.0 Å². The third-order valence-corrected chi connectivity index (χ3v) is 5.01. The van der Waals surface area contributed by atoms with Gasteiger partial charge in [0, 0.05) is 19.2 Å². The number of aromatic nitrogens is 2. The minimum Gasteiger partial charge on any atom is -0.324 e. The number of benzene rings is 2. The van der Waals surface area contributed by atoms with E-state index in [0.717, 1.165) is 11.1 Å². The Morgan fingerprint density at radius 3 is 2.55 bits per heavy atom. The standard InChI is InChI=1S/C22H24N4O3/c1-5-20(28)25(4)21-22(29)26(18-12-7-6-10-17(18)24-21)13-19(27)23-16-11-8-9-14(2)15(16)3/h6-12H,5,13H2,1-4H3,(H,23,27). The molecule has 7 heteroatoms. The molecule has 0 spiro atoms. The van der Waals surface area contributed by atoms with Gasteiger partial charge in [-0.15, -0.1) is 0 Å². The number of aryl methyl sites for hydroxylation is 1. The maximum absolute atomic E-state index is 13.1. The largest absolute Gasteiger partial charge is 0.324 e. The van der Waals surface area contributed by atoms with Crippen LogP contribution in [-0.4, -0.2) is 28.4 Å². The molecule has 3 aromatic rings. The van der Waals surface area contributed by atoms with E-state index in [1.807, 2.05) is 32.0 Å². The van der Waals surface area contributed by atoms with Crippen LogP contribution in [0.15, 0.2) is 47.3 Å². The third kappa shape index (κ3) is 4.03. The summed E-state index contributed by atoms with van der Waals surface area (Å²) in [5, 5.41) is 2.87. The summed E-state index contributed by atoms with van der Waals surface area (Å²) in [6.45, 7) is 5.44. The van der Waals surface area contributed by atoms with Crippen molar-refractivity contribution in [2.75, 3.05) is 17.3 Å². The molecule has 0 bridgehead atoms. The SMILES string of the molecule is CCC(=O)N(C)c1nc2ccccc2n(CC(=O)Nc2cccc(C)c2C)c1=O. The first kappa shape index (κ1) is 20.3. The number of nitrogens with one attached hydrogen (secondary N) is 1. The molecule has 1 heterocycles. The maximum atomic E-state index is 13.1. The second-order valence-corrected chi connectivity index (χ2v) is 6.92. The fourth-order valence-corrected chi connectivity index (χ4v) is 3.13. The van der Waals surface area contributed by atoms with E-state index in [-0.39, 0.29) is 30.6 Å². The summed E-state index contributed by atoms with van der Waals surface area (Å²) in [6, 6.07) is 12.7. The van der Waals surface area contributed by atoms with Gasteiger partial charge in [0.25, 0.3) is 5.56 Å². The molecule has 0 saturated carbocycles. The molecule has 0 aliphatic rings. The summed E-state index contributed by atoms with van der Waals surface area (Å²) < 4.78 is 1.36. The quantitative estimate of drug-likeness (QED) is 0.723. The molecule has 2 amide bonds. The monoisotopic (exact) mass is 392 g/mol. The van der Waals surface area contributed by atoms with Crippen LogP contribution in [0.1, 0.15) is 24.5 Å². The van der Waals surface area contributed by atoms with Gasteiger partial charge in [-0.3, -0.25) is 23.9 Å². The van der Waals surface area contributed by atoms with Crippen LogP contribution in [0.5, 0.6) is 0 Å². The van der Waals surface area contributed by atoms with Gasteiger partial charge >= 0.3 is 0 Å². The van der Waals surface area contributed by atoms with Gasteiger partial charge in [0.15, 0.2) is 0 Å². The molecule has 0 aliphatic carbocycles. The first-order chi connectivity index (χ1) is 13.8. The van der Waals surface area contributed by atoms with Crippen LogP contribution in [0.2, 0.25) is 0 Å². The van der Waals surface area contributed by atoms with Gasteiger partial charge in [-0.25, -0.2) is 4.98 Å². The molecule has 2 aromatic carbocycles. The van der Waals surface area contributed by atoms with Gasteiger partial charge in [0.1, 0.15) is 6.54 Å². The number of hydrogen-bond donors (Lipinski definition) is 1. The smallest absolute Gasteiger partial charge is 0.294 e. The molecule has 0 saturated heterocycles. The van der Waals surface area contributed by atoms with Gasteiger partial charge in [-0.2, -0.15) is 0 Å². The Balaban J connectivity index is 2.02. The molecule has 0 unspecified atom stereocenters. The predicted molar refractivity (Wildman–Crippen MR) is 114 cm³/mol. The van der Waals surface area contributed by atoms with Crippen LogP contribution >= 0.6 is 0 Å². The Hall–Kier alpha value is -3.48. The van der Waals surface area contributed by atoms with E-state index in [4.69, 9.17) is 0 Å². The number of anilines is 2. The van der Waals surface area contributed by atoms with Crippen molar-refractivity contribution in [1.29, 1.82) is 0 Å². The number of carbonyl (C=O) groups excluding carboxylic acids is 2. The van der Waals surface area contributed by atoms with Gasteiger partial charge in [-0.05, 0) is 43.2 Å². The first-order valence-electron chi connectivity index (χ1n) is 9.45. The first-order valence-corrected chi connectivity index (χ1v) is 9.45. The topological polar surface area (TPSA) is 84.3 Å². The Morgan fingerprint density at radius 1 is 1.10 bits per heavy atom. The minimum absolute atomic E-state index is 0.00934. The molecule has 0 radical (unpaired) electrons. The second kappa shape index (κ2) is 8.26. The van der Waals surface area contributed by atoms with Crippen LogP contribution in [0, 0.1) is 13.8 Å². The molecule has 150 valence electrons. The Morgan fingerprint density at radius 2 is 1.83 bits per heavy atom. The van der Waals surface area contributed by atoms with Crippen molar-refractivity contribution in [3.05, 3.63) is 63.9 Å². The van der Waals surface area contributed by atoms with Crippen LogP contribution in [0.3, 0.4) is 0 Å². The molecule has 29 heavy (non-hydrogen) atoms. The van der Waals surface area contributed by atoms with Crippen molar-refractivity contribution in [3.8, 4) is 0 Å². The molecule has 0 atom stereocenters. The van der Waals surface area contributed by atoms with Gasteiger partial charge in [-0.1, -0.05) is 31.2 Å². The second-order valence-electron chi connectivity index (χ2n) is 6.92. The number of hydrogen-bond acceptors (Lipinski definition) is 4. The van der Waals surface area contributed by atoms with Gasteiger partial charge in [0.2, 0.25) is 17.6 Å². The van der Waals surface area contributed by atoms with Crippen molar-refractivity contribution < 1.29 is 9.59 Å². The highest BCUT2D eigenvalue weighted by molar-refractivity contribution is 5.94. The van der Waals surface area contributed by atoms with Crippen molar-refractivity contribution >= 4 is 34.4 Å². The van der Waals surface area contributed by atoms with Crippen molar-refractivity contribution in [1.82, 2.24) is 9.55 Å². The molecular weight excluding hydrogens is 368 g/mol. The summed E-state index contributed by atoms with van der Waals surface area (Å²) in [4.78, 5) is 43.5. The summed E-state index contributed by atoms with van der Waals surface area (Å²) in [5.41, 5.74) is 3.34. The summed E-state index contributed by atoms with van der Waals surface area (Å²) in [7, 11) is 1.52. The van der Waals surface area contributed by atoms with Gasteiger partial charge < -0.3 is 5.32 Å². The molecule has 0 aliphatic heterocycles. The van der Waals surface area contributed by atoms with E-state index >= 15 is 0 Å². The van der Waals surface area contributed by atoms with E-state index in [9.17, 15) is 14.4 Å². The van der Waals surface area contributed by atoms with Crippen molar-refractivity contribution in [2.45, 2.75) is 33.7 Å². The predicted octanol–water partition coefficient (Wildman–Crippen LogP) is 3.02. The molecule has 7 nitrogen and oxygen atoms in total. The van der Waals surface area contributed by atoms with E-state index in [0.29, 0.717) is 16.7 Å². The Bertz CT molecular complexity index is 1150. The number of rotatable bonds is 5. The molecule has 1 N–H and O–H groups in total. The van der Waals surface area contributed by atoms with Crippen LogP contribution in [-0.2, 0) is 16.1 Å². The van der Waals surface area contributed by atoms with E-state index in [1.165, 1.54) is 16.5 Å². The number of para-hydroxylation sites is 2. The Labute approximate surface area is 169 Å². The normalized spacial score (nSPS) is 10.8. The molecular formula is C22H24N4O3. The lowest BCUT2D eigenvalue weighted by molar-refractivity contribution is -0.118. The van der Waals surface area contributed by atoms with Crippen LogP contribution < -0.4 is 15.8 Å². The molecule has 3 rings (SSSR count). The zero-order chi connectivity index (χ0) is 21.1. The average molecular weight is 392 g/mol. The number of carbonyl (C=O) groups is 2. The van der Waals surface area contributed by atoms with E-state index in [2.05, 4.69) is 10.3 Å². The lowest BCUT2D eigenvalue weighted by Crippen LogP contribution is -2.36. The summed E-state index contributed by atoms with van der Waals surface area (Å²) >= 11 is 0. The molecule has 0 fully saturated rings. The number of fused-ring (bicyclic) bond motifs is 1. The minimum atomic E-state index is -0.482. The fraction of sp³-hybridized carbons (Fsp3) is 0.273. The zero-order valence-corrected chi connectivity index (χ0v) is 17.0. The van der Waals surface area contributed by atoms with E-state index in [1.54, 1.807) is 31.2 Å². The fourth-order valence-electron chi connectivity index (χ4n) is 3.13. The third-order valence-electron chi connectivity index (χ3n) is 5.01. The molecule has 1 aromatic heterocycles. The van der Waals surface area contributed by atoms with E-state index < -0.39 is 5.56 Å². The lowest BCUT2D eigenvalue weighted by Gasteiger charge is -2.18. The number of amides is 2. The van der Waals surface area contributed by atoms with Crippen molar-refractivity contribution in [3.63, 3.8) is 0 Å². The summed E-state index contributed by atoms with van der Waals surface area (Å²) in [6.07, 6.45) is 0.248. The average Bonchev–Trinajstić information content (AvgIpc) is 2.72. The van der Waals surface area contributed by atoms with Crippen LogP contribution in [0.4, 0.5) is 11.5 Å². The van der Waals surface area contributed by atoms with Crippen molar-refractivity contribution in [2.24, 2.45) is 0 Å².